The SMILES string of the molecule is Cl.N[C@@H]1CCC=CCC[C@@H]1C(=O)O. The molecule has 4 heteroatoms. The van der Waals surface area contributed by atoms with E-state index in [1.807, 2.05) is 6.08 Å². The Balaban J connectivity index is 0.00000144. The van der Waals surface area contributed by atoms with Crippen LogP contribution in [0.1, 0.15) is 25.7 Å². The van der Waals surface area contributed by atoms with Crippen molar-refractivity contribution in [1.82, 2.24) is 0 Å². The van der Waals surface area contributed by atoms with Crippen LogP contribution in [0.5, 0.6) is 0 Å². The maximum Gasteiger partial charge on any atom is 0.308 e. The summed E-state index contributed by atoms with van der Waals surface area (Å²) in [5.41, 5.74) is 5.73. The molecule has 0 fully saturated rings. The molecule has 0 amide bonds. The molecular weight excluding hydrogens is 190 g/mol. The van der Waals surface area contributed by atoms with Gasteiger partial charge in [0.15, 0.2) is 0 Å². The summed E-state index contributed by atoms with van der Waals surface area (Å²) in [6, 6.07) is -0.174. The van der Waals surface area contributed by atoms with Crippen LogP contribution in [0.3, 0.4) is 0 Å². The molecule has 1 aliphatic carbocycles. The molecule has 0 saturated heterocycles. The highest BCUT2D eigenvalue weighted by Crippen LogP contribution is 2.17. The average Bonchev–Trinajstić information content (AvgIpc) is 1.96. The maximum absolute atomic E-state index is 10.7. The van der Waals surface area contributed by atoms with Gasteiger partial charge in [-0.2, -0.15) is 0 Å². The number of hydrogen-bond donors (Lipinski definition) is 2. The number of nitrogens with two attached hydrogens (primary N) is 1. The molecule has 1 rings (SSSR count). The number of carboxylic acids is 1. The van der Waals surface area contributed by atoms with E-state index < -0.39 is 5.97 Å². The van der Waals surface area contributed by atoms with Crippen molar-refractivity contribution in [3.8, 4) is 0 Å². The van der Waals surface area contributed by atoms with Gasteiger partial charge in [0, 0.05) is 6.04 Å². The molecule has 13 heavy (non-hydrogen) atoms. The van der Waals surface area contributed by atoms with Crippen molar-refractivity contribution in [3.05, 3.63) is 12.2 Å². The molecule has 0 aliphatic heterocycles. The Bertz CT molecular complexity index is 194. The van der Waals surface area contributed by atoms with E-state index in [0.29, 0.717) is 6.42 Å². The van der Waals surface area contributed by atoms with Crippen molar-refractivity contribution in [2.45, 2.75) is 31.7 Å². The monoisotopic (exact) mass is 205 g/mol. The molecular formula is C9H16ClNO2. The minimum absolute atomic E-state index is 0. The van der Waals surface area contributed by atoms with Crippen LogP contribution in [0.25, 0.3) is 0 Å². The number of aliphatic carboxylic acids is 1. The summed E-state index contributed by atoms with van der Waals surface area (Å²) >= 11 is 0. The van der Waals surface area contributed by atoms with E-state index >= 15 is 0 Å². The van der Waals surface area contributed by atoms with Gasteiger partial charge in [0.25, 0.3) is 0 Å². The van der Waals surface area contributed by atoms with Crippen LogP contribution in [0, 0.1) is 5.92 Å². The van der Waals surface area contributed by atoms with E-state index in [4.69, 9.17) is 10.8 Å². The largest absolute Gasteiger partial charge is 0.481 e. The third-order valence-corrected chi connectivity index (χ3v) is 2.31. The van der Waals surface area contributed by atoms with Crippen molar-refractivity contribution >= 4 is 18.4 Å². The first-order valence-corrected chi connectivity index (χ1v) is 4.35. The smallest absolute Gasteiger partial charge is 0.308 e. The molecule has 0 saturated carbocycles. The molecule has 0 unspecified atom stereocenters. The van der Waals surface area contributed by atoms with Gasteiger partial charge in [-0.05, 0) is 25.7 Å². The number of hydrogen-bond acceptors (Lipinski definition) is 2. The first-order chi connectivity index (χ1) is 5.72. The molecule has 2 atom stereocenters. The molecule has 1 aliphatic rings. The molecule has 0 aromatic rings. The third-order valence-electron chi connectivity index (χ3n) is 2.31. The van der Waals surface area contributed by atoms with Gasteiger partial charge in [0.1, 0.15) is 0 Å². The Labute approximate surface area is 84.4 Å². The van der Waals surface area contributed by atoms with Crippen LogP contribution in [0.15, 0.2) is 12.2 Å². The van der Waals surface area contributed by atoms with Gasteiger partial charge in [-0.25, -0.2) is 0 Å². The van der Waals surface area contributed by atoms with Gasteiger partial charge in [-0.3, -0.25) is 4.79 Å². The van der Waals surface area contributed by atoms with E-state index in [0.717, 1.165) is 19.3 Å². The van der Waals surface area contributed by atoms with Crippen LogP contribution in [-0.2, 0) is 4.79 Å². The second-order valence-corrected chi connectivity index (χ2v) is 3.23. The Morgan fingerprint density at radius 3 is 2.38 bits per heavy atom. The van der Waals surface area contributed by atoms with Gasteiger partial charge in [0.2, 0.25) is 0 Å². The fourth-order valence-corrected chi connectivity index (χ4v) is 1.52. The first kappa shape index (κ1) is 12.5. The first-order valence-electron chi connectivity index (χ1n) is 4.35. The fourth-order valence-electron chi connectivity index (χ4n) is 1.52. The number of rotatable bonds is 1. The third kappa shape index (κ3) is 3.79. The highest BCUT2D eigenvalue weighted by atomic mass is 35.5. The minimum Gasteiger partial charge on any atom is -0.481 e. The highest BCUT2D eigenvalue weighted by molar-refractivity contribution is 5.85. The molecule has 0 spiro atoms. The van der Waals surface area contributed by atoms with E-state index in [1.165, 1.54) is 0 Å². The van der Waals surface area contributed by atoms with Gasteiger partial charge in [0.05, 0.1) is 5.92 Å². The van der Waals surface area contributed by atoms with Gasteiger partial charge >= 0.3 is 5.97 Å². The number of allylic oxidation sites excluding steroid dienone is 2. The van der Waals surface area contributed by atoms with E-state index in [2.05, 4.69) is 6.08 Å². The summed E-state index contributed by atoms with van der Waals surface area (Å²) in [5.74, 6) is -1.10. The number of carbonyl (C=O) groups is 1. The van der Waals surface area contributed by atoms with Crippen LogP contribution in [-0.4, -0.2) is 17.1 Å². The lowest BCUT2D eigenvalue weighted by molar-refractivity contribution is -0.142. The van der Waals surface area contributed by atoms with Crippen LogP contribution < -0.4 is 5.73 Å². The fraction of sp³-hybridized carbons (Fsp3) is 0.667. The van der Waals surface area contributed by atoms with Crippen LogP contribution in [0.4, 0.5) is 0 Å². The maximum atomic E-state index is 10.7. The van der Waals surface area contributed by atoms with Crippen molar-refractivity contribution in [3.63, 3.8) is 0 Å². The summed E-state index contributed by atoms with van der Waals surface area (Å²) in [5, 5.41) is 8.82. The van der Waals surface area contributed by atoms with Crippen LogP contribution >= 0.6 is 12.4 Å². The molecule has 0 heterocycles. The lowest BCUT2D eigenvalue weighted by Gasteiger charge is -2.20. The topological polar surface area (TPSA) is 63.3 Å². The lowest BCUT2D eigenvalue weighted by atomic mass is 9.90. The molecule has 3 N–H and O–H groups in total. The standard InChI is InChI=1S/C9H15NO2.ClH/c10-8-6-4-2-1-3-5-7(8)9(11)12;/h1-2,7-8H,3-6,10H2,(H,11,12);1H/t7-,8+;/m0./s1. The molecule has 0 aromatic carbocycles. The average molecular weight is 206 g/mol. The number of carboxylic acid groups (broad SMARTS) is 1. The van der Waals surface area contributed by atoms with Crippen molar-refractivity contribution in [2.75, 3.05) is 0 Å². The molecule has 0 bridgehead atoms. The zero-order valence-corrected chi connectivity index (χ0v) is 8.30. The Kier molecular flexibility index (Phi) is 5.75. The van der Waals surface area contributed by atoms with Crippen LogP contribution in [0.2, 0.25) is 0 Å². The minimum atomic E-state index is -0.752. The van der Waals surface area contributed by atoms with E-state index in [9.17, 15) is 4.79 Å². The van der Waals surface area contributed by atoms with Crippen molar-refractivity contribution in [2.24, 2.45) is 11.7 Å². The Morgan fingerprint density at radius 2 is 1.85 bits per heavy atom. The molecule has 3 nitrogen and oxygen atoms in total. The van der Waals surface area contributed by atoms with Crippen molar-refractivity contribution < 1.29 is 9.90 Å². The summed E-state index contributed by atoms with van der Waals surface area (Å²) in [6.45, 7) is 0. The zero-order chi connectivity index (χ0) is 8.97. The Hall–Kier alpha value is -0.540. The summed E-state index contributed by atoms with van der Waals surface area (Å²) in [6.07, 6.45) is 7.33. The molecule has 0 aromatic heterocycles. The predicted octanol–water partition coefficient (Wildman–Crippen LogP) is 1.57. The molecule has 76 valence electrons. The predicted molar refractivity (Wildman–Crippen MR) is 54.0 cm³/mol. The molecule has 0 radical (unpaired) electrons. The highest BCUT2D eigenvalue weighted by Gasteiger charge is 2.24. The number of halogens is 1. The Morgan fingerprint density at radius 1 is 1.31 bits per heavy atom. The van der Waals surface area contributed by atoms with Gasteiger partial charge in [-0.1, -0.05) is 12.2 Å². The lowest BCUT2D eigenvalue weighted by Crippen LogP contribution is -2.35. The van der Waals surface area contributed by atoms with Gasteiger partial charge in [-0.15, -0.1) is 12.4 Å². The zero-order valence-electron chi connectivity index (χ0n) is 7.48. The van der Waals surface area contributed by atoms with Crippen molar-refractivity contribution in [1.29, 1.82) is 0 Å². The second kappa shape index (κ2) is 6.00. The van der Waals surface area contributed by atoms with E-state index in [-0.39, 0.29) is 24.4 Å². The van der Waals surface area contributed by atoms with E-state index in [1.54, 1.807) is 0 Å². The summed E-state index contributed by atoms with van der Waals surface area (Å²) in [7, 11) is 0. The van der Waals surface area contributed by atoms with Gasteiger partial charge < -0.3 is 10.8 Å². The normalized spacial score (nSPS) is 28.4. The second-order valence-electron chi connectivity index (χ2n) is 3.23. The quantitative estimate of drug-likeness (QED) is 0.639. The summed E-state index contributed by atoms with van der Waals surface area (Å²) < 4.78 is 0. The summed E-state index contributed by atoms with van der Waals surface area (Å²) in [4.78, 5) is 10.7.